The number of hydrogen-bond acceptors (Lipinski definition) is 4. The number of anilines is 1. The Kier molecular flexibility index (Phi) is 3.74. The minimum atomic E-state index is -0.597. The van der Waals surface area contributed by atoms with Gasteiger partial charge in [0, 0.05) is 33.1 Å². The Labute approximate surface area is 116 Å². The fraction of sp³-hybridized carbons (Fsp3) is 0.357. The topological polar surface area (TPSA) is 66.9 Å². The maximum atomic E-state index is 12.0. The van der Waals surface area contributed by atoms with Crippen LogP contribution >= 0.6 is 0 Å². The lowest BCUT2D eigenvalue weighted by atomic mass is 10.1. The largest absolute Gasteiger partial charge is 0.497 e. The Morgan fingerprint density at radius 2 is 2.00 bits per heavy atom. The molecule has 1 aliphatic rings. The van der Waals surface area contributed by atoms with E-state index in [1.807, 2.05) is 0 Å². The number of ketones is 1. The van der Waals surface area contributed by atoms with Crippen molar-refractivity contribution in [2.24, 2.45) is 0 Å². The summed E-state index contributed by atoms with van der Waals surface area (Å²) in [6.07, 6.45) is 0.169. The molecule has 6 nitrogen and oxygen atoms in total. The maximum Gasteiger partial charge on any atom is 0.299 e. The number of carbonyl (C=O) groups is 3. The fourth-order valence-corrected chi connectivity index (χ4v) is 2.05. The molecule has 0 N–H and O–H groups in total. The Morgan fingerprint density at radius 3 is 2.60 bits per heavy atom. The van der Waals surface area contributed by atoms with E-state index in [0.717, 1.165) is 0 Å². The second-order valence-electron chi connectivity index (χ2n) is 4.71. The second-order valence-corrected chi connectivity index (χ2v) is 4.71. The highest BCUT2D eigenvalue weighted by atomic mass is 16.5. The predicted octanol–water partition coefficient (Wildman–Crippen LogP) is 0.703. The van der Waals surface area contributed by atoms with Crippen LogP contribution in [-0.2, 0) is 9.59 Å². The van der Waals surface area contributed by atoms with Crippen LogP contribution in [0.2, 0.25) is 0 Å². The second kappa shape index (κ2) is 5.32. The number of Topliss-reactive ketones (excluding diaryl/α,β-unsaturated/α-hetero) is 1. The van der Waals surface area contributed by atoms with E-state index >= 15 is 0 Å². The van der Waals surface area contributed by atoms with E-state index in [1.165, 1.54) is 16.9 Å². The summed E-state index contributed by atoms with van der Waals surface area (Å²) >= 11 is 0. The van der Waals surface area contributed by atoms with Crippen LogP contribution in [0, 0.1) is 0 Å². The molecule has 0 spiro atoms. The van der Waals surface area contributed by atoms with Crippen molar-refractivity contribution in [2.75, 3.05) is 32.6 Å². The van der Waals surface area contributed by atoms with E-state index in [2.05, 4.69) is 0 Å². The highest BCUT2D eigenvalue weighted by molar-refractivity contribution is 6.52. The summed E-state index contributed by atoms with van der Waals surface area (Å²) in [5, 5.41) is 0. The van der Waals surface area contributed by atoms with E-state index in [-0.39, 0.29) is 18.9 Å². The van der Waals surface area contributed by atoms with Gasteiger partial charge in [-0.2, -0.15) is 0 Å². The summed E-state index contributed by atoms with van der Waals surface area (Å²) < 4.78 is 5.10. The lowest BCUT2D eigenvalue weighted by Crippen LogP contribution is -2.34. The van der Waals surface area contributed by atoms with Crippen LogP contribution in [0.5, 0.6) is 5.75 Å². The molecule has 106 valence electrons. The summed E-state index contributed by atoms with van der Waals surface area (Å²) in [5.74, 6) is -0.670. The highest BCUT2D eigenvalue weighted by Crippen LogP contribution is 2.32. The molecule has 2 rings (SSSR count). The van der Waals surface area contributed by atoms with Crippen molar-refractivity contribution in [1.29, 1.82) is 0 Å². The average Bonchev–Trinajstić information content (AvgIpc) is 2.68. The molecule has 20 heavy (non-hydrogen) atoms. The lowest BCUT2D eigenvalue weighted by molar-refractivity contribution is -0.128. The van der Waals surface area contributed by atoms with Crippen LogP contribution in [0.4, 0.5) is 5.69 Å². The van der Waals surface area contributed by atoms with Gasteiger partial charge in [-0.3, -0.25) is 14.4 Å². The first-order valence-electron chi connectivity index (χ1n) is 6.20. The molecule has 0 aromatic heterocycles. The van der Waals surface area contributed by atoms with Gasteiger partial charge in [-0.05, 0) is 12.1 Å². The van der Waals surface area contributed by atoms with Gasteiger partial charge in [0.15, 0.2) is 0 Å². The third-order valence-electron chi connectivity index (χ3n) is 3.23. The van der Waals surface area contributed by atoms with Crippen LogP contribution in [0.25, 0.3) is 0 Å². The van der Waals surface area contributed by atoms with Crippen LogP contribution in [-0.4, -0.2) is 50.2 Å². The number of ether oxygens (including phenoxy) is 1. The van der Waals surface area contributed by atoms with Crippen molar-refractivity contribution in [3.05, 3.63) is 23.8 Å². The molecule has 0 saturated carbocycles. The zero-order valence-corrected chi connectivity index (χ0v) is 11.7. The summed E-state index contributed by atoms with van der Waals surface area (Å²) in [5.41, 5.74) is 0.860. The number of nitrogens with zero attached hydrogens (tertiary/aromatic N) is 2. The first-order chi connectivity index (χ1) is 9.45. The van der Waals surface area contributed by atoms with Gasteiger partial charge in [0.25, 0.3) is 11.7 Å². The minimum Gasteiger partial charge on any atom is -0.497 e. The molecule has 0 unspecified atom stereocenters. The normalized spacial score (nSPS) is 13.4. The van der Waals surface area contributed by atoms with E-state index < -0.39 is 11.7 Å². The Morgan fingerprint density at radius 1 is 1.30 bits per heavy atom. The van der Waals surface area contributed by atoms with Crippen LogP contribution in [0.15, 0.2) is 18.2 Å². The molecule has 2 amide bonds. The molecule has 1 aromatic rings. The fourth-order valence-electron chi connectivity index (χ4n) is 2.05. The SMILES string of the molecule is COc1ccc2c(c1)N(CCC(=O)N(C)C)C(=O)C2=O. The first-order valence-corrected chi connectivity index (χ1v) is 6.20. The molecule has 1 aliphatic heterocycles. The summed E-state index contributed by atoms with van der Waals surface area (Å²) in [6.45, 7) is 0.182. The molecule has 6 heteroatoms. The van der Waals surface area contributed by atoms with Crippen molar-refractivity contribution in [1.82, 2.24) is 4.90 Å². The van der Waals surface area contributed by atoms with Gasteiger partial charge in [-0.15, -0.1) is 0 Å². The predicted molar refractivity (Wildman–Crippen MR) is 73.0 cm³/mol. The van der Waals surface area contributed by atoms with E-state index in [1.54, 1.807) is 32.3 Å². The lowest BCUT2D eigenvalue weighted by Gasteiger charge is -2.18. The molecule has 0 radical (unpaired) electrons. The van der Waals surface area contributed by atoms with E-state index in [4.69, 9.17) is 4.74 Å². The Balaban J connectivity index is 2.25. The molecular weight excluding hydrogens is 260 g/mol. The maximum absolute atomic E-state index is 12.0. The van der Waals surface area contributed by atoms with Crippen LogP contribution in [0.3, 0.4) is 0 Å². The molecule has 0 saturated heterocycles. The Bertz CT molecular complexity index is 581. The summed E-state index contributed by atoms with van der Waals surface area (Å²) in [4.78, 5) is 38.2. The Hall–Kier alpha value is -2.37. The van der Waals surface area contributed by atoms with Crippen molar-refractivity contribution in [3.63, 3.8) is 0 Å². The zero-order valence-electron chi connectivity index (χ0n) is 11.7. The van der Waals surface area contributed by atoms with Gasteiger partial charge in [-0.25, -0.2) is 0 Å². The first kappa shape index (κ1) is 14.0. The van der Waals surface area contributed by atoms with Gasteiger partial charge in [0.2, 0.25) is 5.91 Å². The third-order valence-corrected chi connectivity index (χ3v) is 3.23. The summed E-state index contributed by atoms with van der Waals surface area (Å²) in [6, 6.07) is 4.85. The van der Waals surface area contributed by atoms with Crippen LogP contribution in [0.1, 0.15) is 16.8 Å². The number of methoxy groups -OCH3 is 1. The van der Waals surface area contributed by atoms with Gasteiger partial charge in [0.1, 0.15) is 5.75 Å². The summed E-state index contributed by atoms with van der Waals surface area (Å²) in [7, 11) is 4.81. The van der Waals surface area contributed by atoms with Crippen molar-refractivity contribution >= 4 is 23.3 Å². The standard InChI is InChI=1S/C14H16N2O4/c1-15(2)12(17)6-7-16-11-8-9(20-3)4-5-10(11)13(18)14(16)19/h4-5,8H,6-7H2,1-3H3. The number of amides is 2. The number of rotatable bonds is 4. The highest BCUT2D eigenvalue weighted by Gasteiger charge is 2.36. The number of hydrogen-bond donors (Lipinski definition) is 0. The van der Waals surface area contributed by atoms with Crippen molar-refractivity contribution in [3.8, 4) is 5.75 Å². The molecule has 1 heterocycles. The van der Waals surface area contributed by atoms with E-state index in [9.17, 15) is 14.4 Å². The van der Waals surface area contributed by atoms with Gasteiger partial charge in [0.05, 0.1) is 18.4 Å². The monoisotopic (exact) mass is 276 g/mol. The van der Waals surface area contributed by atoms with Gasteiger partial charge >= 0.3 is 0 Å². The molecule has 0 bridgehead atoms. The van der Waals surface area contributed by atoms with Gasteiger partial charge in [-0.1, -0.05) is 0 Å². The zero-order chi connectivity index (χ0) is 14.9. The van der Waals surface area contributed by atoms with Crippen molar-refractivity contribution in [2.45, 2.75) is 6.42 Å². The molecule has 0 fully saturated rings. The molecule has 0 atom stereocenters. The molecule has 1 aromatic carbocycles. The van der Waals surface area contributed by atoms with Gasteiger partial charge < -0.3 is 14.5 Å². The molecular formula is C14H16N2O4. The number of fused-ring (bicyclic) bond motifs is 1. The van der Waals surface area contributed by atoms with Crippen LogP contribution < -0.4 is 9.64 Å². The number of benzene rings is 1. The quantitative estimate of drug-likeness (QED) is 0.759. The third kappa shape index (κ3) is 2.36. The smallest absolute Gasteiger partial charge is 0.299 e. The molecule has 0 aliphatic carbocycles. The van der Waals surface area contributed by atoms with Crippen molar-refractivity contribution < 1.29 is 19.1 Å². The van der Waals surface area contributed by atoms with E-state index in [0.29, 0.717) is 17.0 Å². The number of carbonyl (C=O) groups excluding carboxylic acids is 3. The minimum absolute atomic E-state index is 0.0957. The average molecular weight is 276 g/mol.